The zero-order valence-electron chi connectivity index (χ0n) is 13.4. The van der Waals surface area contributed by atoms with Crippen LogP contribution < -0.4 is 0 Å². The Labute approximate surface area is 125 Å². The molecule has 0 spiro atoms. The molecule has 5 heteroatoms. The van der Waals surface area contributed by atoms with Crippen LogP contribution in [-0.2, 0) is 18.4 Å². The van der Waals surface area contributed by atoms with E-state index in [1.165, 1.54) is 25.7 Å². The molecular weight excluding hydrogens is 272 g/mol. The molecule has 0 amide bonds. The molecule has 0 aromatic rings. The molecule has 0 rings (SSSR count). The molecule has 4 nitrogen and oxygen atoms in total. The quantitative estimate of drug-likeness (QED) is 0.240. The third-order valence-electron chi connectivity index (χ3n) is 3.35. The van der Waals surface area contributed by atoms with Gasteiger partial charge in [-0.15, -0.1) is 0 Å². The lowest BCUT2D eigenvalue weighted by Crippen LogP contribution is -2.18. The number of unbranched alkanes of at least 4 members (excludes halogenated alkanes) is 2. The number of rotatable bonds is 12. The van der Waals surface area contributed by atoms with Crippen LogP contribution in [-0.4, -0.2) is 36.1 Å². The second-order valence-corrected chi connectivity index (χ2v) is 7.73. The first-order valence-electron chi connectivity index (χ1n) is 7.39. The van der Waals surface area contributed by atoms with E-state index in [0.717, 1.165) is 12.5 Å². The second-order valence-electron chi connectivity index (χ2n) is 5.35. The van der Waals surface area contributed by atoms with E-state index >= 15 is 0 Å². The van der Waals surface area contributed by atoms with Crippen LogP contribution in [0.5, 0.6) is 0 Å². The van der Waals surface area contributed by atoms with Gasteiger partial charge in [0.2, 0.25) is 0 Å². The van der Waals surface area contributed by atoms with Crippen LogP contribution in [0.2, 0.25) is 6.04 Å². The van der Waals surface area contributed by atoms with Crippen LogP contribution in [0.3, 0.4) is 0 Å². The van der Waals surface area contributed by atoms with Crippen LogP contribution >= 0.6 is 0 Å². The minimum absolute atomic E-state index is 0.285. The van der Waals surface area contributed by atoms with Gasteiger partial charge in [-0.2, -0.15) is 0 Å². The van der Waals surface area contributed by atoms with Gasteiger partial charge in [-0.3, -0.25) is 0 Å². The van der Waals surface area contributed by atoms with Gasteiger partial charge in [-0.25, -0.2) is 4.79 Å². The van der Waals surface area contributed by atoms with Gasteiger partial charge >= 0.3 is 15.3 Å². The maximum atomic E-state index is 11.2. The molecule has 1 unspecified atom stereocenters. The zero-order valence-corrected chi connectivity index (χ0v) is 14.6. The Bertz CT molecular complexity index is 277. The molecule has 0 aliphatic carbocycles. The molecule has 0 aromatic carbocycles. The fraction of sp³-hybridized carbons (Fsp3) is 0.800. The first-order chi connectivity index (χ1) is 9.51. The van der Waals surface area contributed by atoms with Gasteiger partial charge in [-0.05, 0) is 25.3 Å². The normalized spacial score (nSPS) is 12.4. The molecule has 20 heavy (non-hydrogen) atoms. The summed E-state index contributed by atoms with van der Waals surface area (Å²) >= 11 is 0. The van der Waals surface area contributed by atoms with E-state index in [0.29, 0.717) is 18.1 Å². The van der Waals surface area contributed by atoms with Crippen molar-refractivity contribution in [2.24, 2.45) is 5.92 Å². The number of carbonyl (C=O) groups is 1. The number of ether oxygens (including phenoxy) is 1. The highest BCUT2D eigenvalue weighted by Gasteiger charge is 2.09. The fourth-order valence-corrected chi connectivity index (χ4v) is 3.22. The number of carbonyl (C=O) groups excluding carboxylic acids is 1. The SMILES string of the molecule is C=C(C)C(=O)OCCC(C)CCCCC[SiH](OC)OC. The Morgan fingerprint density at radius 1 is 1.15 bits per heavy atom. The van der Waals surface area contributed by atoms with E-state index in [2.05, 4.69) is 13.5 Å². The Balaban J connectivity index is 3.47. The van der Waals surface area contributed by atoms with Crippen LogP contribution in [0.1, 0.15) is 46.0 Å². The van der Waals surface area contributed by atoms with Crippen LogP contribution in [0.25, 0.3) is 0 Å². The van der Waals surface area contributed by atoms with E-state index in [1.807, 2.05) is 0 Å². The van der Waals surface area contributed by atoms with Gasteiger partial charge in [0.1, 0.15) is 0 Å². The standard InChI is InChI=1S/C15H30O4Si/c1-13(2)15(16)19-11-10-14(3)9-7-6-8-12-20(17-4)18-5/h14,20H,1,6-12H2,2-5H3. The van der Waals surface area contributed by atoms with Crippen LogP contribution in [0.4, 0.5) is 0 Å². The van der Waals surface area contributed by atoms with E-state index in [1.54, 1.807) is 21.1 Å². The third-order valence-corrected chi connectivity index (χ3v) is 5.29. The molecular formula is C15H30O4Si. The maximum Gasteiger partial charge on any atom is 0.333 e. The largest absolute Gasteiger partial charge is 0.462 e. The summed E-state index contributed by atoms with van der Waals surface area (Å²) in [5, 5.41) is 0. The summed E-state index contributed by atoms with van der Waals surface area (Å²) in [4.78, 5) is 11.2. The van der Waals surface area contributed by atoms with Gasteiger partial charge in [0.25, 0.3) is 0 Å². The van der Waals surface area contributed by atoms with Gasteiger partial charge in [-0.1, -0.05) is 39.2 Å². The Hall–Kier alpha value is -0.653. The smallest absolute Gasteiger partial charge is 0.333 e. The summed E-state index contributed by atoms with van der Waals surface area (Å²) in [6.07, 6.45) is 5.70. The minimum atomic E-state index is -1.36. The molecule has 0 fully saturated rings. The summed E-state index contributed by atoms with van der Waals surface area (Å²) < 4.78 is 15.7. The van der Waals surface area contributed by atoms with Gasteiger partial charge < -0.3 is 13.6 Å². The molecule has 0 heterocycles. The van der Waals surface area contributed by atoms with Crippen LogP contribution in [0.15, 0.2) is 12.2 Å². The van der Waals surface area contributed by atoms with Gasteiger partial charge in [0.05, 0.1) is 6.61 Å². The Morgan fingerprint density at radius 3 is 2.35 bits per heavy atom. The van der Waals surface area contributed by atoms with Crippen molar-refractivity contribution in [3.63, 3.8) is 0 Å². The highest BCUT2D eigenvalue weighted by Crippen LogP contribution is 2.15. The molecule has 0 aromatic heterocycles. The molecule has 0 N–H and O–H groups in total. The topological polar surface area (TPSA) is 44.8 Å². The third kappa shape index (κ3) is 10.2. The lowest BCUT2D eigenvalue weighted by molar-refractivity contribution is -0.139. The van der Waals surface area contributed by atoms with Gasteiger partial charge in [0.15, 0.2) is 0 Å². The molecule has 0 radical (unpaired) electrons. The zero-order chi connectivity index (χ0) is 15.4. The lowest BCUT2D eigenvalue weighted by Gasteiger charge is -2.13. The van der Waals surface area contributed by atoms with Crippen molar-refractivity contribution in [1.82, 2.24) is 0 Å². The maximum absolute atomic E-state index is 11.2. The highest BCUT2D eigenvalue weighted by molar-refractivity contribution is 6.44. The summed E-state index contributed by atoms with van der Waals surface area (Å²) in [6, 6.07) is 1.08. The first kappa shape index (κ1) is 19.3. The molecule has 0 saturated heterocycles. The average Bonchev–Trinajstić information content (AvgIpc) is 2.42. The van der Waals surface area contributed by atoms with Crippen molar-refractivity contribution in [2.75, 3.05) is 20.8 Å². The highest BCUT2D eigenvalue weighted by atomic mass is 28.3. The number of esters is 1. The van der Waals surface area contributed by atoms with E-state index in [-0.39, 0.29) is 5.97 Å². The molecule has 0 aliphatic heterocycles. The molecule has 118 valence electrons. The second kappa shape index (κ2) is 12.1. The number of hydrogen-bond acceptors (Lipinski definition) is 4. The van der Waals surface area contributed by atoms with E-state index in [9.17, 15) is 4.79 Å². The van der Waals surface area contributed by atoms with Crippen molar-refractivity contribution in [2.45, 2.75) is 52.0 Å². The summed E-state index contributed by atoms with van der Waals surface area (Å²) in [7, 11) is 2.10. The Kier molecular flexibility index (Phi) is 11.7. The average molecular weight is 302 g/mol. The van der Waals surface area contributed by atoms with Crippen molar-refractivity contribution in [3.05, 3.63) is 12.2 Å². The van der Waals surface area contributed by atoms with Crippen molar-refractivity contribution in [1.29, 1.82) is 0 Å². The van der Waals surface area contributed by atoms with Crippen molar-refractivity contribution < 1.29 is 18.4 Å². The summed E-state index contributed by atoms with van der Waals surface area (Å²) in [5.41, 5.74) is 0.465. The minimum Gasteiger partial charge on any atom is -0.462 e. The monoisotopic (exact) mass is 302 g/mol. The van der Waals surface area contributed by atoms with Crippen LogP contribution in [0, 0.1) is 5.92 Å². The van der Waals surface area contributed by atoms with Crippen molar-refractivity contribution in [3.8, 4) is 0 Å². The molecule has 0 bridgehead atoms. The first-order valence-corrected chi connectivity index (χ1v) is 9.15. The summed E-state index contributed by atoms with van der Waals surface area (Å²) in [5.74, 6) is 0.304. The molecule has 0 aliphatic rings. The molecule has 1 atom stereocenters. The number of hydrogen-bond donors (Lipinski definition) is 0. The lowest BCUT2D eigenvalue weighted by atomic mass is 10.0. The predicted octanol–water partition coefficient (Wildman–Crippen LogP) is 3.21. The van der Waals surface area contributed by atoms with E-state index < -0.39 is 9.28 Å². The fourth-order valence-electron chi connectivity index (χ4n) is 1.93. The Morgan fingerprint density at radius 2 is 1.80 bits per heavy atom. The molecule has 0 saturated carbocycles. The van der Waals surface area contributed by atoms with E-state index in [4.69, 9.17) is 13.6 Å². The predicted molar refractivity (Wildman–Crippen MR) is 84.0 cm³/mol. The van der Waals surface area contributed by atoms with Crippen molar-refractivity contribution >= 4 is 15.3 Å². The summed E-state index contributed by atoms with van der Waals surface area (Å²) in [6.45, 7) is 7.93. The van der Waals surface area contributed by atoms with Gasteiger partial charge in [0, 0.05) is 19.8 Å².